The number of benzene rings is 1. The molecule has 1 atom stereocenters. The molecule has 0 saturated carbocycles. The largest absolute Gasteiger partial charge is 0.481 e. The van der Waals surface area contributed by atoms with E-state index >= 15 is 0 Å². The van der Waals surface area contributed by atoms with Crippen molar-refractivity contribution in [2.45, 2.75) is 13.3 Å². The van der Waals surface area contributed by atoms with Crippen LogP contribution < -0.4 is 10.6 Å². The van der Waals surface area contributed by atoms with Gasteiger partial charge in [-0.05, 0) is 24.6 Å². The summed E-state index contributed by atoms with van der Waals surface area (Å²) in [6.07, 6.45) is 0.399. The Bertz CT molecular complexity index is 482. The zero-order valence-corrected chi connectivity index (χ0v) is 11.0. The number of halogens is 2. The number of carboxylic acids is 1. The molecule has 104 valence electrons. The van der Waals surface area contributed by atoms with Gasteiger partial charge in [0, 0.05) is 6.54 Å². The number of aliphatic carboxylic acids is 1. The van der Waals surface area contributed by atoms with Crippen LogP contribution in [0.3, 0.4) is 0 Å². The zero-order valence-electron chi connectivity index (χ0n) is 10.2. The number of hydrogen-bond donors (Lipinski definition) is 3. The molecule has 1 rings (SSSR count). The first-order chi connectivity index (χ1) is 8.93. The lowest BCUT2D eigenvalue weighted by atomic mass is 10.1. The van der Waals surface area contributed by atoms with Crippen LogP contribution in [-0.4, -0.2) is 23.7 Å². The van der Waals surface area contributed by atoms with Crippen LogP contribution >= 0.6 is 11.6 Å². The second-order valence-electron chi connectivity index (χ2n) is 3.90. The summed E-state index contributed by atoms with van der Waals surface area (Å²) in [5.41, 5.74) is 0.127. The molecule has 3 N–H and O–H groups in total. The summed E-state index contributed by atoms with van der Waals surface area (Å²) in [7, 11) is 0. The number of hydrogen-bond acceptors (Lipinski definition) is 2. The lowest BCUT2D eigenvalue weighted by Gasteiger charge is -2.12. The highest BCUT2D eigenvalue weighted by Gasteiger charge is 2.16. The number of amides is 2. The molecular formula is C12H14ClFN2O3. The maximum atomic E-state index is 13.0. The van der Waals surface area contributed by atoms with Gasteiger partial charge in [-0.25, -0.2) is 9.18 Å². The Hall–Kier alpha value is -1.82. The van der Waals surface area contributed by atoms with Gasteiger partial charge in [0.05, 0.1) is 16.6 Å². The molecule has 19 heavy (non-hydrogen) atoms. The van der Waals surface area contributed by atoms with Gasteiger partial charge in [-0.2, -0.15) is 0 Å². The molecule has 0 fully saturated rings. The number of carbonyl (C=O) groups excluding carboxylic acids is 1. The molecule has 0 heterocycles. The number of rotatable bonds is 5. The maximum absolute atomic E-state index is 13.0. The molecule has 1 aromatic rings. The summed E-state index contributed by atoms with van der Waals surface area (Å²) in [6.45, 7) is 1.70. The molecule has 1 aromatic carbocycles. The van der Waals surface area contributed by atoms with Crippen molar-refractivity contribution in [2.75, 3.05) is 11.9 Å². The predicted octanol–water partition coefficient (Wildman–Crippen LogP) is 2.71. The fourth-order valence-corrected chi connectivity index (χ4v) is 1.55. The Morgan fingerprint density at radius 1 is 1.47 bits per heavy atom. The van der Waals surface area contributed by atoms with Gasteiger partial charge in [0.15, 0.2) is 0 Å². The van der Waals surface area contributed by atoms with Gasteiger partial charge >= 0.3 is 12.0 Å². The van der Waals surface area contributed by atoms with Gasteiger partial charge in [-0.1, -0.05) is 18.5 Å². The third-order valence-corrected chi connectivity index (χ3v) is 2.86. The number of carbonyl (C=O) groups is 2. The van der Waals surface area contributed by atoms with E-state index in [0.717, 1.165) is 6.07 Å². The summed E-state index contributed by atoms with van der Waals surface area (Å²) in [6, 6.07) is 2.94. The molecule has 2 amide bonds. The third kappa shape index (κ3) is 4.75. The standard InChI is InChI=1S/C12H14ClFN2O3/c1-2-7(11(17)18)6-15-12(19)16-10-5-8(14)3-4-9(10)13/h3-5,7H,2,6H2,1H3,(H,17,18)(H2,15,16,19). The lowest BCUT2D eigenvalue weighted by Crippen LogP contribution is -2.35. The quantitative estimate of drug-likeness (QED) is 0.779. The summed E-state index contributed by atoms with van der Waals surface area (Å²) in [4.78, 5) is 22.3. The zero-order chi connectivity index (χ0) is 14.4. The van der Waals surface area contributed by atoms with Gasteiger partial charge in [-0.3, -0.25) is 4.79 Å². The van der Waals surface area contributed by atoms with Gasteiger partial charge in [0.1, 0.15) is 5.82 Å². The number of carboxylic acid groups (broad SMARTS) is 1. The van der Waals surface area contributed by atoms with E-state index in [1.54, 1.807) is 6.92 Å². The van der Waals surface area contributed by atoms with E-state index < -0.39 is 23.7 Å². The SMILES string of the molecule is CCC(CNC(=O)Nc1cc(F)ccc1Cl)C(=O)O. The predicted molar refractivity (Wildman–Crippen MR) is 69.8 cm³/mol. The molecule has 1 unspecified atom stereocenters. The van der Waals surface area contributed by atoms with Crippen LogP contribution in [0.15, 0.2) is 18.2 Å². The number of nitrogens with one attached hydrogen (secondary N) is 2. The highest BCUT2D eigenvalue weighted by Crippen LogP contribution is 2.22. The number of anilines is 1. The highest BCUT2D eigenvalue weighted by atomic mass is 35.5. The summed E-state index contributed by atoms with van der Waals surface area (Å²) in [5.74, 6) is -2.17. The van der Waals surface area contributed by atoms with Crippen molar-refractivity contribution in [3.05, 3.63) is 29.0 Å². The Balaban J connectivity index is 2.56. The first kappa shape index (κ1) is 15.2. The summed E-state index contributed by atoms with van der Waals surface area (Å²) >= 11 is 5.78. The summed E-state index contributed by atoms with van der Waals surface area (Å²) < 4.78 is 13.0. The van der Waals surface area contributed by atoms with Crippen LogP contribution in [0.25, 0.3) is 0 Å². The van der Waals surface area contributed by atoms with Gasteiger partial charge in [-0.15, -0.1) is 0 Å². The van der Waals surface area contributed by atoms with Crippen LogP contribution in [0.1, 0.15) is 13.3 Å². The monoisotopic (exact) mass is 288 g/mol. The van der Waals surface area contributed by atoms with Crippen molar-refractivity contribution >= 4 is 29.3 Å². The lowest BCUT2D eigenvalue weighted by molar-refractivity contribution is -0.141. The van der Waals surface area contributed by atoms with E-state index in [9.17, 15) is 14.0 Å². The minimum Gasteiger partial charge on any atom is -0.481 e. The average Bonchev–Trinajstić information content (AvgIpc) is 2.34. The van der Waals surface area contributed by atoms with E-state index in [1.165, 1.54) is 12.1 Å². The molecule has 0 aliphatic rings. The molecule has 5 nitrogen and oxygen atoms in total. The van der Waals surface area contributed by atoms with Crippen LogP contribution in [-0.2, 0) is 4.79 Å². The fourth-order valence-electron chi connectivity index (χ4n) is 1.38. The highest BCUT2D eigenvalue weighted by molar-refractivity contribution is 6.33. The van der Waals surface area contributed by atoms with E-state index in [-0.39, 0.29) is 17.3 Å². The van der Waals surface area contributed by atoms with E-state index in [1.807, 2.05) is 0 Å². The average molecular weight is 289 g/mol. The van der Waals surface area contributed by atoms with Crippen molar-refractivity contribution in [3.8, 4) is 0 Å². The third-order valence-electron chi connectivity index (χ3n) is 2.53. The molecule has 0 saturated heterocycles. The van der Waals surface area contributed by atoms with Crippen molar-refractivity contribution in [1.29, 1.82) is 0 Å². The van der Waals surface area contributed by atoms with E-state index in [2.05, 4.69) is 10.6 Å². The van der Waals surface area contributed by atoms with Gasteiger partial charge in [0.25, 0.3) is 0 Å². The summed E-state index contributed by atoms with van der Waals surface area (Å²) in [5, 5.41) is 13.8. The normalized spacial score (nSPS) is 11.7. The van der Waals surface area contributed by atoms with Crippen LogP contribution in [0.5, 0.6) is 0 Å². The molecule has 7 heteroatoms. The molecule has 0 aliphatic carbocycles. The second-order valence-corrected chi connectivity index (χ2v) is 4.31. The smallest absolute Gasteiger partial charge is 0.319 e. The molecule has 0 aromatic heterocycles. The first-order valence-electron chi connectivity index (χ1n) is 5.66. The topological polar surface area (TPSA) is 78.4 Å². The molecular weight excluding hydrogens is 275 g/mol. The van der Waals surface area contributed by atoms with Crippen molar-refractivity contribution < 1.29 is 19.1 Å². The minimum atomic E-state index is -0.980. The van der Waals surface area contributed by atoms with Crippen LogP contribution in [0.2, 0.25) is 5.02 Å². The van der Waals surface area contributed by atoms with Crippen molar-refractivity contribution in [1.82, 2.24) is 5.32 Å². The fraction of sp³-hybridized carbons (Fsp3) is 0.333. The second kappa shape index (κ2) is 6.94. The number of urea groups is 1. The van der Waals surface area contributed by atoms with Crippen LogP contribution in [0.4, 0.5) is 14.9 Å². The Labute approximate surface area is 114 Å². The Morgan fingerprint density at radius 3 is 2.74 bits per heavy atom. The Kier molecular flexibility index (Phi) is 5.57. The minimum absolute atomic E-state index is 0.00932. The van der Waals surface area contributed by atoms with E-state index in [0.29, 0.717) is 6.42 Å². The van der Waals surface area contributed by atoms with Crippen molar-refractivity contribution in [2.24, 2.45) is 5.92 Å². The van der Waals surface area contributed by atoms with Gasteiger partial charge in [0.2, 0.25) is 0 Å². The van der Waals surface area contributed by atoms with E-state index in [4.69, 9.17) is 16.7 Å². The van der Waals surface area contributed by atoms with Crippen molar-refractivity contribution in [3.63, 3.8) is 0 Å². The first-order valence-corrected chi connectivity index (χ1v) is 6.04. The Morgan fingerprint density at radius 2 is 2.16 bits per heavy atom. The maximum Gasteiger partial charge on any atom is 0.319 e. The van der Waals surface area contributed by atoms with Gasteiger partial charge < -0.3 is 15.7 Å². The molecule has 0 aliphatic heterocycles. The molecule has 0 radical (unpaired) electrons. The molecule has 0 bridgehead atoms. The van der Waals surface area contributed by atoms with Crippen LogP contribution in [0, 0.1) is 11.7 Å². The molecule has 0 spiro atoms.